The van der Waals surface area contributed by atoms with Crippen LogP contribution in [0.1, 0.15) is 44.7 Å². The van der Waals surface area contributed by atoms with E-state index in [1.54, 1.807) is 0 Å². The Morgan fingerprint density at radius 1 is 1.29 bits per heavy atom. The SMILES string of the molecule is CCCNC(N)=NCC1(NC(C)c2ccccc2)CCOCC1.I. The number of hydrogen-bond acceptors (Lipinski definition) is 3. The van der Waals surface area contributed by atoms with Crippen LogP contribution in [0.15, 0.2) is 35.3 Å². The Labute approximate surface area is 162 Å². The average Bonchev–Trinajstić information content (AvgIpc) is 2.60. The van der Waals surface area contributed by atoms with E-state index in [0.717, 1.165) is 39.0 Å². The highest BCUT2D eigenvalue weighted by atomic mass is 127. The number of ether oxygens (including phenoxy) is 1. The second-order valence-corrected chi connectivity index (χ2v) is 6.30. The molecule has 0 aromatic heterocycles. The van der Waals surface area contributed by atoms with Crippen molar-refractivity contribution in [1.29, 1.82) is 0 Å². The highest BCUT2D eigenvalue weighted by molar-refractivity contribution is 14.0. The summed E-state index contributed by atoms with van der Waals surface area (Å²) >= 11 is 0. The van der Waals surface area contributed by atoms with Crippen molar-refractivity contribution in [3.8, 4) is 0 Å². The molecule has 1 fully saturated rings. The Morgan fingerprint density at radius 2 is 1.96 bits per heavy atom. The van der Waals surface area contributed by atoms with Crippen molar-refractivity contribution in [2.45, 2.75) is 44.7 Å². The van der Waals surface area contributed by atoms with Crippen LogP contribution in [0.3, 0.4) is 0 Å². The number of guanidine groups is 1. The van der Waals surface area contributed by atoms with E-state index in [9.17, 15) is 0 Å². The molecule has 1 aromatic carbocycles. The van der Waals surface area contributed by atoms with E-state index >= 15 is 0 Å². The predicted octanol–water partition coefficient (Wildman–Crippen LogP) is 2.82. The molecule has 2 rings (SSSR count). The average molecular weight is 446 g/mol. The number of halogens is 1. The molecule has 1 saturated heterocycles. The van der Waals surface area contributed by atoms with Gasteiger partial charge < -0.3 is 21.1 Å². The van der Waals surface area contributed by atoms with Crippen molar-refractivity contribution in [2.24, 2.45) is 10.7 Å². The number of nitrogens with zero attached hydrogens (tertiary/aromatic N) is 1. The summed E-state index contributed by atoms with van der Waals surface area (Å²) in [7, 11) is 0. The van der Waals surface area contributed by atoms with Gasteiger partial charge in [0.15, 0.2) is 5.96 Å². The molecular weight excluding hydrogens is 415 g/mol. The van der Waals surface area contributed by atoms with Crippen molar-refractivity contribution in [3.05, 3.63) is 35.9 Å². The van der Waals surface area contributed by atoms with Crippen molar-refractivity contribution in [3.63, 3.8) is 0 Å². The van der Waals surface area contributed by atoms with Gasteiger partial charge in [0.25, 0.3) is 0 Å². The number of rotatable bonds is 7. The van der Waals surface area contributed by atoms with Crippen LogP contribution in [-0.4, -0.2) is 37.8 Å². The van der Waals surface area contributed by atoms with Crippen molar-refractivity contribution < 1.29 is 4.74 Å². The lowest BCUT2D eigenvalue weighted by Crippen LogP contribution is -2.53. The first-order valence-corrected chi connectivity index (χ1v) is 8.59. The summed E-state index contributed by atoms with van der Waals surface area (Å²) in [4.78, 5) is 4.57. The molecule has 5 nitrogen and oxygen atoms in total. The predicted molar refractivity (Wildman–Crippen MR) is 111 cm³/mol. The van der Waals surface area contributed by atoms with E-state index in [4.69, 9.17) is 10.5 Å². The third-order valence-corrected chi connectivity index (χ3v) is 4.38. The van der Waals surface area contributed by atoms with Gasteiger partial charge in [-0.1, -0.05) is 37.3 Å². The Bertz CT molecular complexity index is 489. The molecule has 6 heteroatoms. The zero-order chi connectivity index (χ0) is 16.5. The standard InChI is InChI=1S/C18H30N4O.HI/c1-3-11-20-17(19)21-14-18(9-12-23-13-10-18)22-15(2)16-7-5-4-6-8-16;/h4-8,15,22H,3,9-14H2,1-2H3,(H3,19,20,21);1H. The van der Waals surface area contributed by atoms with Gasteiger partial charge >= 0.3 is 0 Å². The fraction of sp³-hybridized carbons (Fsp3) is 0.611. The van der Waals surface area contributed by atoms with Crippen LogP contribution < -0.4 is 16.4 Å². The normalized spacial score (nSPS) is 18.5. The van der Waals surface area contributed by atoms with Crippen LogP contribution in [0, 0.1) is 0 Å². The minimum atomic E-state index is -0.0496. The number of hydrogen-bond donors (Lipinski definition) is 3. The quantitative estimate of drug-likeness (QED) is 0.342. The van der Waals surface area contributed by atoms with Crippen LogP contribution >= 0.6 is 24.0 Å². The summed E-state index contributed by atoms with van der Waals surface area (Å²) in [5.74, 6) is 0.534. The lowest BCUT2D eigenvalue weighted by atomic mass is 9.88. The van der Waals surface area contributed by atoms with Gasteiger partial charge in [0.1, 0.15) is 0 Å². The van der Waals surface area contributed by atoms with E-state index in [1.807, 2.05) is 6.07 Å². The van der Waals surface area contributed by atoms with E-state index < -0.39 is 0 Å². The molecule has 4 N–H and O–H groups in total. The first kappa shape index (κ1) is 21.2. The number of aliphatic imine (C=N–C) groups is 1. The highest BCUT2D eigenvalue weighted by Gasteiger charge is 2.33. The van der Waals surface area contributed by atoms with Crippen LogP contribution in [-0.2, 0) is 4.74 Å². The Balaban J connectivity index is 0.00000288. The molecule has 1 atom stereocenters. The summed E-state index contributed by atoms with van der Waals surface area (Å²) in [6.45, 7) is 7.40. The fourth-order valence-corrected chi connectivity index (χ4v) is 2.94. The molecule has 0 spiro atoms. The van der Waals surface area contributed by atoms with Gasteiger partial charge in [-0.3, -0.25) is 4.99 Å². The molecule has 24 heavy (non-hydrogen) atoms. The molecule has 1 aliphatic rings. The van der Waals surface area contributed by atoms with Gasteiger partial charge in [0.05, 0.1) is 6.54 Å². The van der Waals surface area contributed by atoms with Crippen LogP contribution in [0.5, 0.6) is 0 Å². The maximum absolute atomic E-state index is 5.96. The Morgan fingerprint density at radius 3 is 2.58 bits per heavy atom. The smallest absolute Gasteiger partial charge is 0.188 e. The molecule has 1 unspecified atom stereocenters. The van der Waals surface area contributed by atoms with Crippen molar-refractivity contribution in [1.82, 2.24) is 10.6 Å². The van der Waals surface area contributed by atoms with Crippen LogP contribution in [0.4, 0.5) is 0 Å². The summed E-state index contributed by atoms with van der Waals surface area (Å²) in [6.07, 6.45) is 2.95. The third-order valence-electron chi connectivity index (χ3n) is 4.38. The van der Waals surface area contributed by atoms with E-state index in [2.05, 4.69) is 53.7 Å². The topological polar surface area (TPSA) is 71.7 Å². The second kappa shape index (κ2) is 10.9. The zero-order valence-corrected chi connectivity index (χ0v) is 17.1. The van der Waals surface area contributed by atoms with Gasteiger partial charge in [0.2, 0.25) is 0 Å². The molecule has 1 heterocycles. The summed E-state index contributed by atoms with van der Waals surface area (Å²) < 4.78 is 5.55. The third kappa shape index (κ3) is 6.57. The highest BCUT2D eigenvalue weighted by Crippen LogP contribution is 2.25. The number of nitrogens with one attached hydrogen (secondary N) is 2. The Kier molecular flexibility index (Phi) is 9.61. The first-order chi connectivity index (χ1) is 11.2. The van der Waals surface area contributed by atoms with Crippen molar-refractivity contribution >= 4 is 29.9 Å². The van der Waals surface area contributed by atoms with Crippen LogP contribution in [0.25, 0.3) is 0 Å². The van der Waals surface area contributed by atoms with Gasteiger partial charge in [-0.25, -0.2) is 0 Å². The number of benzene rings is 1. The van der Waals surface area contributed by atoms with Crippen molar-refractivity contribution in [2.75, 3.05) is 26.3 Å². The van der Waals surface area contributed by atoms with Gasteiger partial charge in [-0.2, -0.15) is 0 Å². The molecule has 0 amide bonds. The molecule has 0 aliphatic carbocycles. The van der Waals surface area contributed by atoms with Crippen LogP contribution in [0.2, 0.25) is 0 Å². The largest absolute Gasteiger partial charge is 0.381 e. The maximum Gasteiger partial charge on any atom is 0.188 e. The minimum absolute atomic E-state index is 0. The summed E-state index contributed by atoms with van der Waals surface area (Å²) in [5.41, 5.74) is 7.20. The monoisotopic (exact) mass is 446 g/mol. The molecule has 1 aromatic rings. The molecule has 1 aliphatic heterocycles. The van der Waals surface area contributed by atoms with Gasteiger partial charge in [0, 0.05) is 31.3 Å². The van der Waals surface area contributed by atoms with E-state index in [0.29, 0.717) is 12.5 Å². The Hall–Kier alpha value is -0.860. The van der Waals surface area contributed by atoms with Gasteiger partial charge in [-0.15, -0.1) is 24.0 Å². The molecule has 136 valence electrons. The molecular formula is C18H31IN4O. The fourth-order valence-electron chi connectivity index (χ4n) is 2.94. The van der Waals surface area contributed by atoms with Gasteiger partial charge in [-0.05, 0) is 31.7 Å². The minimum Gasteiger partial charge on any atom is -0.381 e. The summed E-state index contributed by atoms with van der Waals surface area (Å²) in [6, 6.07) is 10.8. The van der Waals surface area contributed by atoms with E-state index in [1.165, 1.54) is 5.56 Å². The lowest BCUT2D eigenvalue weighted by Gasteiger charge is -2.39. The lowest BCUT2D eigenvalue weighted by molar-refractivity contribution is 0.0374. The first-order valence-electron chi connectivity index (χ1n) is 8.59. The zero-order valence-electron chi connectivity index (χ0n) is 14.8. The second-order valence-electron chi connectivity index (χ2n) is 6.30. The summed E-state index contributed by atoms with van der Waals surface area (Å²) in [5, 5.41) is 6.93. The van der Waals surface area contributed by atoms with E-state index in [-0.39, 0.29) is 35.6 Å². The molecule has 0 radical (unpaired) electrons. The molecule has 0 saturated carbocycles. The number of nitrogens with two attached hydrogens (primary N) is 1. The molecule has 0 bridgehead atoms. The maximum atomic E-state index is 5.96.